The Morgan fingerprint density at radius 1 is 1.44 bits per heavy atom. The van der Waals surface area contributed by atoms with Crippen LogP contribution in [0, 0.1) is 0 Å². The van der Waals surface area contributed by atoms with Gasteiger partial charge in [0.25, 0.3) is 0 Å². The molecule has 0 heterocycles. The van der Waals surface area contributed by atoms with Crippen LogP contribution in [-0.4, -0.2) is 17.1 Å². The lowest BCUT2D eigenvalue weighted by molar-refractivity contribution is 0.315. The number of nitrogens with one attached hydrogen (secondary N) is 1. The Morgan fingerprint density at radius 3 is 2.69 bits per heavy atom. The first kappa shape index (κ1) is 11.0. The molecule has 1 aliphatic carbocycles. The van der Waals surface area contributed by atoms with Crippen molar-refractivity contribution >= 4 is 5.84 Å². The lowest BCUT2D eigenvalue weighted by Crippen LogP contribution is -2.28. The minimum absolute atomic E-state index is 0.143. The van der Waals surface area contributed by atoms with Crippen LogP contribution in [0.2, 0.25) is 0 Å². The molecule has 0 aromatic heterocycles. The number of nitrogens with zero attached hydrogens (tertiary/aromatic N) is 1. The number of benzene rings is 1. The molecule has 1 unspecified atom stereocenters. The molecule has 0 bridgehead atoms. The number of oxime groups is 1. The van der Waals surface area contributed by atoms with Gasteiger partial charge in [-0.15, -0.1) is 0 Å². The quantitative estimate of drug-likeness (QED) is 0.305. The molecule has 2 rings (SSSR count). The topological polar surface area (TPSA) is 70.6 Å². The smallest absolute Gasteiger partial charge is 0.141 e. The van der Waals surface area contributed by atoms with Gasteiger partial charge in [0.15, 0.2) is 0 Å². The normalized spacial score (nSPS) is 18.4. The Balaban J connectivity index is 2.07. The second-order valence-electron chi connectivity index (χ2n) is 4.20. The van der Waals surface area contributed by atoms with Crippen LogP contribution in [0.25, 0.3) is 0 Å². The van der Waals surface area contributed by atoms with Crippen molar-refractivity contribution in [2.75, 3.05) is 0 Å². The molecule has 1 saturated carbocycles. The van der Waals surface area contributed by atoms with E-state index in [1.807, 2.05) is 18.2 Å². The molecule has 4 nitrogen and oxygen atoms in total. The van der Waals surface area contributed by atoms with Gasteiger partial charge in [0.05, 0.1) is 0 Å². The first-order chi connectivity index (χ1) is 7.79. The lowest BCUT2D eigenvalue weighted by atomic mass is 10.0. The largest absolute Gasteiger partial charge is 0.409 e. The lowest BCUT2D eigenvalue weighted by Gasteiger charge is -2.18. The molecule has 1 aliphatic rings. The number of amidine groups is 1. The predicted molar refractivity (Wildman–Crippen MR) is 63.4 cm³/mol. The van der Waals surface area contributed by atoms with Gasteiger partial charge in [-0.2, -0.15) is 0 Å². The van der Waals surface area contributed by atoms with Crippen LogP contribution in [0.15, 0.2) is 35.5 Å². The first-order valence-electron chi connectivity index (χ1n) is 5.57. The summed E-state index contributed by atoms with van der Waals surface area (Å²) in [4.78, 5) is 0. The third kappa shape index (κ3) is 2.97. The standard InChI is InChI=1S/C12H17N3O/c13-12(15-16)8-11(14-10-6-7-10)9-4-2-1-3-5-9/h1-5,10-11,14,16H,6-8H2,(H2,13,15). The summed E-state index contributed by atoms with van der Waals surface area (Å²) in [7, 11) is 0. The highest BCUT2D eigenvalue weighted by molar-refractivity contribution is 5.80. The Labute approximate surface area is 95.1 Å². The van der Waals surface area contributed by atoms with Crippen LogP contribution in [0.1, 0.15) is 30.9 Å². The monoisotopic (exact) mass is 219 g/mol. The van der Waals surface area contributed by atoms with Crippen LogP contribution in [0.5, 0.6) is 0 Å². The van der Waals surface area contributed by atoms with Gasteiger partial charge >= 0.3 is 0 Å². The van der Waals surface area contributed by atoms with Crippen molar-refractivity contribution in [1.29, 1.82) is 0 Å². The molecule has 1 aromatic rings. The van der Waals surface area contributed by atoms with Crippen LogP contribution in [0.4, 0.5) is 0 Å². The van der Waals surface area contributed by atoms with Crippen molar-refractivity contribution in [2.45, 2.75) is 31.3 Å². The van der Waals surface area contributed by atoms with Crippen molar-refractivity contribution in [3.63, 3.8) is 0 Å². The summed E-state index contributed by atoms with van der Waals surface area (Å²) in [6.45, 7) is 0. The minimum atomic E-state index is 0.143. The van der Waals surface area contributed by atoms with E-state index in [4.69, 9.17) is 10.9 Å². The zero-order valence-electron chi connectivity index (χ0n) is 9.13. The Morgan fingerprint density at radius 2 is 2.12 bits per heavy atom. The van der Waals surface area contributed by atoms with Gasteiger partial charge in [0.1, 0.15) is 5.84 Å². The molecule has 0 radical (unpaired) electrons. The number of rotatable bonds is 5. The Kier molecular flexibility index (Phi) is 3.41. The molecule has 4 heteroatoms. The van der Waals surface area contributed by atoms with Gasteiger partial charge in [-0.25, -0.2) is 0 Å². The van der Waals surface area contributed by atoms with Gasteiger partial charge in [-0.05, 0) is 18.4 Å². The van der Waals surface area contributed by atoms with E-state index in [1.165, 1.54) is 18.4 Å². The summed E-state index contributed by atoms with van der Waals surface area (Å²) >= 11 is 0. The predicted octanol–water partition coefficient (Wildman–Crippen LogP) is 1.62. The van der Waals surface area contributed by atoms with E-state index < -0.39 is 0 Å². The van der Waals surface area contributed by atoms with Gasteiger partial charge in [0, 0.05) is 18.5 Å². The number of nitrogens with two attached hydrogens (primary N) is 1. The SMILES string of the molecule is NC(CC(NC1CC1)c1ccccc1)=NO. The molecule has 0 spiro atoms. The molecule has 4 N–H and O–H groups in total. The van der Waals surface area contributed by atoms with Crippen molar-refractivity contribution in [1.82, 2.24) is 5.32 Å². The van der Waals surface area contributed by atoms with Crippen LogP contribution in [-0.2, 0) is 0 Å². The van der Waals surface area contributed by atoms with Crippen LogP contribution >= 0.6 is 0 Å². The van der Waals surface area contributed by atoms with Crippen molar-refractivity contribution in [3.8, 4) is 0 Å². The van der Waals surface area contributed by atoms with E-state index in [-0.39, 0.29) is 11.9 Å². The van der Waals surface area contributed by atoms with Gasteiger partial charge in [0.2, 0.25) is 0 Å². The second kappa shape index (κ2) is 4.99. The minimum Gasteiger partial charge on any atom is -0.409 e. The maximum absolute atomic E-state index is 8.62. The van der Waals surface area contributed by atoms with E-state index >= 15 is 0 Å². The second-order valence-corrected chi connectivity index (χ2v) is 4.20. The maximum Gasteiger partial charge on any atom is 0.141 e. The number of hydrogen-bond donors (Lipinski definition) is 3. The van der Waals surface area contributed by atoms with E-state index in [9.17, 15) is 0 Å². The molecular weight excluding hydrogens is 202 g/mol. The molecule has 16 heavy (non-hydrogen) atoms. The molecular formula is C12H17N3O. The van der Waals surface area contributed by atoms with Crippen molar-refractivity contribution in [2.24, 2.45) is 10.9 Å². The molecule has 1 atom stereocenters. The molecule has 1 fully saturated rings. The third-order valence-corrected chi connectivity index (χ3v) is 2.76. The summed E-state index contributed by atoms with van der Waals surface area (Å²) in [6.07, 6.45) is 2.98. The van der Waals surface area contributed by atoms with E-state index in [0.717, 1.165) is 0 Å². The van der Waals surface area contributed by atoms with E-state index in [2.05, 4.69) is 22.6 Å². The summed E-state index contributed by atoms with van der Waals surface area (Å²) < 4.78 is 0. The highest BCUT2D eigenvalue weighted by Gasteiger charge is 2.25. The Bertz CT molecular complexity index is 360. The molecule has 1 aromatic carbocycles. The average molecular weight is 219 g/mol. The fraction of sp³-hybridized carbons (Fsp3) is 0.417. The van der Waals surface area contributed by atoms with Gasteiger partial charge in [-0.3, -0.25) is 0 Å². The molecule has 0 aliphatic heterocycles. The number of hydrogen-bond acceptors (Lipinski definition) is 3. The fourth-order valence-electron chi connectivity index (χ4n) is 1.74. The first-order valence-corrected chi connectivity index (χ1v) is 5.57. The van der Waals surface area contributed by atoms with Crippen LogP contribution in [0.3, 0.4) is 0 Å². The molecule has 0 amide bonds. The highest BCUT2D eigenvalue weighted by atomic mass is 16.4. The highest BCUT2D eigenvalue weighted by Crippen LogP contribution is 2.25. The maximum atomic E-state index is 8.62. The van der Waals surface area contributed by atoms with E-state index in [1.54, 1.807) is 0 Å². The summed E-state index contributed by atoms with van der Waals surface area (Å²) in [5.74, 6) is 0.266. The van der Waals surface area contributed by atoms with E-state index in [0.29, 0.717) is 12.5 Å². The zero-order chi connectivity index (χ0) is 11.4. The Hall–Kier alpha value is -1.55. The van der Waals surface area contributed by atoms with Gasteiger partial charge < -0.3 is 16.3 Å². The molecule has 0 saturated heterocycles. The fourth-order valence-corrected chi connectivity index (χ4v) is 1.74. The summed E-state index contributed by atoms with van der Waals surface area (Å²) in [5.41, 5.74) is 6.75. The summed E-state index contributed by atoms with van der Waals surface area (Å²) in [5, 5.41) is 15.2. The van der Waals surface area contributed by atoms with Gasteiger partial charge in [-0.1, -0.05) is 35.5 Å². The van der Waals surface area contributed by atoms with Crippen LogP contribution < -0.4 is 11.1 Å². The molecule has 86 valence electrons. The third-order valence-electron chi connectivity index (χ3n) is 2.76. The average Bonchev–Trinajstić information content (AvgIpc) is 3.13. The zero-order valence-corrected chi connectivity index (χ0v) is 9.13. The van der Waals surface area contributed by atoms with Crippen molar-refractivity contribution in [3.05, 3.63) is 35.9 Å². The summed E-state index contributed by atoms with van der Waals surface area (Å²) in [6, 6.07) is 10.9. The van der Waals surface area contributed by atoms with Crippen molar-refractivity contribution < 1.29 is 5.21 Å².